The molecule has 7 nitrogen and oxygen atoms in total. The van der Waals surface area contributed by atoms with Crippen LogP contribution in [0.3, 0.4) is 0 Å². The first-order chi connectivity index (χ1) is 19.7. The summed E-state index contributed by atoms with van der Waals surface area (Å²) < 4.78 is 28.8. The van der Waals surface area contributed by atoms with Gasteiger partial charge in [-0.05, 0) is 47.5 Å². The molecule has 4 aromatic rings. The van der Waals surface area contributed by atoms with Crippen molar-refractivity contribution in [3.05, 3.63) is 130 Å². The number of para-hydroxylation sites is 1. The molecule has 0 saturated heterocycles. The fourth-order valence-electron chi connectivity index (χ4n) is 4.39. The summed E-state index contributed by atoms with van der Waals surface area (Å²) in [6.45, 7) is -0.542. The van der Waals surface area contributed by atoms with Crippen LogP contribution in [-0.4, -0.2) is 44.8 Å². The van der Waals surface area contributed by atoms with Crippen LogP contribution < -0.4 is 9.62 Å². The Kier molecular flexibility index (Phi) is 10.0. The van der Waals surface area contributed by atoms with Crippen LogP contribution in [0.1, 0.15) is 11.1 Å². The van der Waals surface area contributed by atoms with E-state index < -0.39 is 28.5 Å². The zero-order valence-corrected chi connectivity index (χ0v) is 24.6. The summed E-state index contributed by atoms with van der Waals surface area (Å²) in [6, 6.07) is 29.6. The van der Waals surface area contributed by atoms with E-state index >= 15 is 0 Å². The highest BCUT2D eigenvalue weighted by Crippen LogP contribution is 2.31. The zero-order valence-electron chi connectivity index (χ0n) is 22.3. The van der Waals surface area contributed by atoms with Gasteiger partial charge in [-0.15, -0.1) is 0 Å². The first kappa shape index (κ1) is 30.1. The van der Waals surface area contributed by atoms with Crippen molar-refractivity contribution >= 4 is 50.7 Å². The number of sulfonamides is 1. The highest BCUT2D eigenvalue weighted by molar-refractivity contribution is 7.92. The van der Waals surface area contributed by atoms with E-state index in [4.69, 9.17) is 23.2 Å². The molecule has 0 aliphatic heterocycles. The van der Waals surface area contributed by atoms with Gasteiger partial charge in [0.05, 0.1) is 15.6 Å². The molecule has 0 spiro atoms. The Morgan fingerprint density at radius 3 is 1.98 bits per heavy atom. The van der Waals surface area contributed by atoms with Gasteiger partial charge in [-0.25, -0.2) is 8.42 Å². The number of likely N-dealkylation sites (N-methyl/N-ethyl adjacent to an activating group) is 1. The zero-order chi connectivity index (χ0) is 29.4. The van der Waals surface area contributed by atoms with Crippen LogP contribution in [0.5, 0.6) is 0 Å². The van der Waals surface area contributed by atoms with E-state index in [1.54, 1.807) is 66.7 Å². The highest BCUT2D eigenvalue weighted by Gasteiger charge is 2.34. The predicted molar refractivity (Wildman–Crippen MR) is 162 cm³/mol. The van der Waals surface area contributed by atoms with E-state index in [1.807, 2.05) is 30.3 Å². The van der Waals surface area contributed by atoms with Crippen molar-refractivity contribution in [3.8, 4) is 0 Å². The molecule has 212 valence electrons. The summed E-state index contributed by atoms with van der Waals surface area (Å²) in [7, 11) is -2.71. The Morgan fingerprint density at radius 1 is 0.780 bits per heavy atom. The maximum atomic E-state index is 14.2. The molecule has 41 heavy (non-hydrogen) atoms. The molecule has 0 unspecified atom stereocenters. The number of amides is 2. The van der Waals surface area contributed by atoms with Gasteiger partial charge < -0.3 is 10.2 Å². The molecule has 0 aromatic heterocycles. The molecule has 0 saturated carbocycles. The van der Waals surface area contributed by atoms with Gasteiger partial charge in [0.25, 0.3) is 10.0 Å². The first-order valence-corrected chi connectivity index (χ1v) is 15.0. The van der Waals surface area contributed by atoms with Gasteiger partial charge in [-0.1, -0.05) is 96.0 Å². The van der Waals surface area contributed by atoms with Crippen molar-refractivity contribution in [1.82, 2.24) is 10.2 Å². The lowest BCUT2D eigenvalue weighted by Gasteiger charge is -2.33. The molecule has 0 radical (unpaired) electrons. The molecule has 1 N–H and O–H groups in total. The number of rotatable bonds is 11. The normalized spacial score (nSPS) is 11.9. The Hall–Kier alpha value is -3.85. The standard InChI is InChI=1S/C31H29Cl2N3O4S/c1-34-31(38)29(20-23-10-4-2-5-11-23)35(21-24-16-18-25(32)19-17-24)30(37)22-36(28-15-9-8-14-27(28)33)41(39,40)26-12-6-3-7-13-26/h2-19,29H,20-22H2,1H3,(H,34,38)/t29-/m0/s1. The van der Waals surface area contributed by atoms with E-state index in [9.17, 15) is 18.0 Å². The van der Waals surface area contributed by atoms with Gasteiger partial charge in [0.2, 0.25) is 11.8 Å². The lowest BCUT2D eigenvalue weighted by Crippen LogP contribution is -2.53. The van der Waals surface area contributed by atoms with Crippen molar-refractivity contribution in [2.75, 3.05) is 17.9 Å². The third-order valence-corrected chi connectivity index (χ3v) is 8.86. The summed E-state index contributed by atoms with van der Waals surface area (Å²) in [4.78, 5) is 28.9. The molecule has 10 heteroatoms. The second-order valence-corrected chi connectivity index (χ2v) is 11.9. The number of nitrogens with zero attached hydrogens (tertiary/aromatic N) is 2. The largest absolute Gasteiger partial charge is 0.357 e. The molecule has 0 heterocycles. The molecule has 0 bridgehead atoms. The predicted octanol–water partition coefficient (Wildman–Crippen LogP) is 5.57. The number of anilines is 1. The number of hydrogen-bond donors (Lipinski definition) is 1. The molecular formula is C31H29Cl2N3O4S. The van der Waals surface area contributed by atoms with Crippen LogP contribution in [0.2, 0.25) is 10.0 Å². The average molecular weight is 611 g/mol. The van der Waals surface area contributed by atoms with Crippen LogP contribution in [0.15, 0.2) is 114 Å². The molecule has 1 atom stereocenters. The molecular weight excluding hydrogens is 581 g/mol. The van der Waals surface area contributed by atoms with Crippen molar-refractivity contribution in [1.29, 1.82) is 0 Å². The summed E-state index contributed by atoms with van der Waals surface area (Å²) in [6.07, 6.45) is 0.220. The van der Waals surface area contributed by atoms with Crippen molar-refractivity contribution < 1.29 is 18.0 Å². The average Bonchev–Trinajstić information content (AvgIpc) is 2.99. The fraction of sp³-hybridized carbons (Fsp3) is 0.161. The van der Waals surface area contributed by atoms with Gasteiger partial charge in [-0.3, -0.25) is 13.9 Å². The quantitative estimate of drug-likeness (QED) is 0.241. The van der Waals surface area contributed by atoms with Gasteiger partial charge in [0.1, 0.15) is 12.6 Å². The molecule has 0 aliphatic rings. The van der Waals surface area contributed by atoms with Crippen molar-refractivity contribution in [2.24, 2.45) is 0 Å². The molecule has 4 rings (SSSR count). The van der Waals surface area contributed by atoms with E-state index in [2.05, 4.69) is 5.32 Å². The molecule has 4 aromatic carbocycles. The second-order valence-electron chi connectivity index (χ2n) is 9.24. The van der Waals surface area contributed by atoms with Crippen molar-refractivity contribution in [2.45, 2.75) is 23.9 Å². The number of carbonyl (C=O) groups is 2. The Balaban J connectivity index is 1.78. The molecule has 0 fully saturated rings. The summed E-state index contributed by atoms with van der Waals surface area (Å²) >= 11 is 12.5. The lowest BCUT2D eigenvalue weighted by molar-refractivity contribution is -0.139. The number of hydrogen-bond acceptors (Lipinski definition) is 4. The topological polar surface area (TPSA) is 86.8 Å². The smallest absolute Gasteiger partial charge is 0.264 e. The van der Waals surface area contributed by atoms with Crippen molar-refractivity contribution in [3.63, 3.8) is 0 Å². The first-order valence-electron chi connectivity index (χ1n) is 12.8. The summed E-state index contributed by atoms with van der Waals surface area (Å²) in [5.74, 6) is -0.963. The molecule has 0 aliphatic carbocycles. The van der Waals surface area contributed by atoms with Gasteiger partial charge >= 0.3 is 0 Å². The number of carbonyl (C=O) groups excluding carboxylic acids is 2. The van der Waals surface area contributed by atoms with Crippen LogP contribution in [-0.2, 0) is 32.6 Å². The Morgan fingerprint density at radius 2 is 1.37 bits per heavy atom. The Bertz CT molecular complexity index is 1580. The van der Waals surface area contributed by atoms with Crippen LogP contribution in [0.4, 0.5) is 5.69 Å². The van der Waals surface area contributed by atoms with Crippen LogP contribution in [0.25, 0.3) is 0 Å². The minimum absolute atomic E-state index is 0.00380. The summed E-state index contributed by atoms with van der Waals surface area (Å²) in [5, 5.41) is 3.35. The van der Waals surface area contributed by atoms with Crippen LogP contribution >= 0.6 is 23.2 Å². The fourth-order valence-corrected chi connectivity index (χ4v) is 6.26. The number of halogens is 2. The number of nitrogens with one attached hydrogen (secondary N) is 1. The minimum Gasteiger partial charge on any atom is -0.357 e. The van der Waals surface area contributed by atoms with E-state index in [0.717, 1.165) is 15.4 Å². The maximum Gasteiger partial charge on any atom is 0.264 e. The van der Waals surface area contributed by atoms with Crippen LogP contribution in [0, 0.1) is 0 Å². The monoisotopic (exact) mass is 609 g/mol. The highest BCUT2D eigenvalue weighted by atomic mass is 35.5. The van der Waals surface area contributed by atoms with Gasteiger partial charge in [-0.2, -0.15) is 0 Å². The third kappa shape index (κ3) is 7.47. The second kappa shape index (κ2) is 13.7. The Labute approximate surface area is 250 Å². The summed E-state index contributed by atoms with van der Waals surface area (Å²) in [5.41, 5.74) is 1.71. The maximum absolute atomic E-state index is 14.2. The SMILES string of the molecule is CNC(=O)[C@H](Cc1ccccc1)N(Cc1ccc(Cl)cc1)C(=O)CN(c1ccccc1Cl)S(=O)(=O)c1ccccc1. The van der Waals surface area contributed by atoms with Gasteiger partial charge in [0, 0.05) is 25.0 Å². The van der Waals surface area contributed by atoms with Gasteiger partial charge in [0.15, 0.2) is 0 Å². The van der Waals surface area contributed by atoms with E-state index in [-0.39, 0.29) is 34.5 Å². The van der Waals surface area contributed by atoms with E-state index in [0.29, 0.717) is 5.02 Å². The number of benzene rings is 4. The molecule has 2 amide bonds. The van der Waals surface area contributed by atoms with E-state index in [1.165, 1.54) is 24.1 Å². The lowest BCUT2D eigenvalue weighted by atomic mass is 10.0. The minimum atomic E-state index is -4.21. The third-order valence-electron chi connectivity index (χ3n) is 6.51.